The fraction of sp³-hybridized carbons (Fsp3) is 0.625. The van der Waals surface area contributed by atoms with Crippen LogP contribution in [0.15, 0.2) is 24.3 Å². The molecule has 0 radical (unpaired) electrons. The van der Waals surface area contributed by atoms with Crippen molar-refractivity contribution < 1.29 is 0 Å². The van der Waals surface area contributed by atoms with Crippen molar-refractivity contribution >= 4 is 0 Å². The maximum Gasteiger partial charge on any atom is 0.0164 e. The fourth-order valence-corrected chi connectivity index (χ4v) is 2.75. The minimum Gasteiger partial charge on any atom is -0.315 e. The monoisotopic (exact) mass is 246 g/mol. The fourth-order valence-electron chi connectivity index (χ4n) is 2.75. The molecule has 2 nitrogen and oxygen atoms in total. The summed E-state index contributed by atoms with van der Waals surface area (Å²) in [5, 5.41) is 7.04. The molecule has 0 bridgehead atoms. The molecule has 2 N–H and O–H groups in total. The molecular weight excluding hydrogens is 220 g/mol. The number of hydrogen-bond acceptors (Lipinski definition) is 2. The number of likely N-dealkylation sites (N-methyl/N-ethyl adjacent to an activating group) is 1. The Hall–Kier alpha value is -0.860. The second kappa shape index (κ2) is 6.91. The van der Waals surface area contributed by atoms with E-state index in [0.717, 1.165) is 25.6 Å². The van der Waals surface area contributed by atoms with Gasteiger partial charge >= 0.3 is 0 Å². The number of benzene rings is 1. The first-order chi connectivity index (χ1) is 8.79. The van der Waals surface area contributed by atoms with Crippen molar-refractivity contribution in [3.8, 4) is 0 Å². The quantitative estimate of drug-likeness (QED) is 0.805. The van der Waals surface area contributed by atoms with Crippen molar-refractivity contribution in [2.45, 2.75) is 39.2 Å². The second-order valence-electron chi connectivity index (χ2n) is 5.49. The normalized spacial score (nSPS) is 20.4. The van der Waals surface area contributed by atoms with Crippen LogP contribution in [-0.2, 0) is 12.8 Å². The third kappa shape index (κ3) is 3.82. The molecule has 0 spiro atoms. The van der Waals surface area contributed by atoms with E-state index >= 15 is 0 Å². The molecular formula is C16H26N2. The SMILES string of the molecule is CCNCC(C)NCC1CCc2ccccc2C1. The molecule has 1 aliphatic carbocycles. The lowest BCUT2D eigenvalue weighted by atomic mass is 9.84. The van der Waals surface area contributed by atoms with Gasteiger partial charge in [0.1, 0.15) is 0 Å². The van der Waals surface area contributed by atoms with Crippen LogP contribution in [0.25, 0.3) is 0 Å². The van der Waals surface area contributed by atoms with Gasteiger partial charge < -0.3 is 10.6 Å². The third-order valence-electron chi connectivity index (χ3n) is 3.90. The molecule has 1 aromatic carbocycles. The van der Waals surface area contributed by atoms with Gasteiger partial charge in [-0.05, 0) is 56.3 Å². The number of fused-ring (bicyclic) bond motifs is 1. The van der Waals surface area contributed by atoms with Gasteiger partial charge in [-0.25, -0.2) is 0 Å². The topological polar surface area (TPSA) is 24.1 Å². The van der Waals surface area contributed by atoms with E-state index < -0.39 is 0 Å². The highest BCUT2D eigenvalue weighted by Crippen LogP contribution is 2.24. The summed E-state index contributed by atoms with van der Waals surface area (Å²) in [6.07, 6.45) is 3.83. The average molecular weight is 246 g/mol. The molecule has 0 saturated carbocycles. The third-order valence-corrected chi connectivity index (χ3v) is 3.90. The van der Waals surface area contributed by atoms with Crippen molar-refractivity contribution in [1.82, 2.24) is 10.6 Å². The average Bonchev–Trinajstić information content (AvgIpc) is 2.42. The molecule has 0 aromatic heterocycles. The zero-order valence-electron chi connectivity index (χ0n) is 11.7. The Bertz CT molecular complexity index is 362. The molecule has 0 fully saturated rings. The largest absolute Gasteiger partial charge is 0.315 e. The number of nitrogens with one attached hydrogen (secondary N) is 2. The summed E-state index contributed by atoms with van der Waals surface area (Å²) in [7, 11) is 0. The van der Waals surface area contributed by atoms with Crippen molar-refractivity contribution in [3.05, 3.63) is 35.4 Å². The van der Waals surface area contributed by atoms with Crippen LogP contribution in [0.1, 0.15) is 31.4 Å². The molecule has 0 saturated heterocycles. The zero-order valence-corrected chi connectivity index (χ0v) is 11.7. The number of hydrogen-bond donors (Lipinski definition) is 2. The molecule has 0 heterocycles. The molecule has 2 heteroatoms. The molecule has 0 amide bonds. The molecule has 2 unspecified atom stereocenters. The van der Waals surface area contributed by atoms with Gasteiger partial charge in [0.2, 0.25) is 0 Å². The summed E-state index contributed by atoms with van der Waals surface area (Å²) in [6, 6.07) is 9.48. The summed E-state index contributed by atoms with van der Waals surface area (Å²) >= 11 is 0. The van der Waals surface area contributed by atoms with Gasteiger partial charge in [-0.1, -0.05) is 31.2 Å². The van der Waals surface area contributed by atoms with E-state index in [2.05, 4.69) is 48.7 Å². The Morgan fingerprint density at radius 2 is 2.06 bits per heavy atom. The van der Waals surface area contributed by atoms with Crippen molar-refractivity contribution in [2.75, 3.05) is 19.6 Å². The van der Waals surface area contributed by atoms with Gasteiger partial charge in [0, 0.05) is 12.6 Å². The van der Waals surface area contributed by atoms with Crippen LogP contribution >= 0.6 is 0 Å². The molecule has 1 aromatic rings. The minimum atomic E-state index is 0.571. The first kappa shape index (κ1) is 13.6. The molecule has 0 aliphatic heterocycles. The summed E-state index contributed by atoms with van der Waals surface area (Å²) in [5.41, 5.74) is 3.13. The van der Waals surface area contributed by atoms with Crippen LogP contribution < -0.4 is 10.6 Å². The van der Waals surface area contributed by atoms with Gasteiger partial charge in [-0.2, -0.15) is 0 Å². The summed E-state index contributed by atoms with van der Waals surface area (Å²) in [5.74, 6) is 0.809. The first-order valence-electron chi connectivity index (χ1n) is 7.30. The maximum absolute atomic E-state index is 3.66. The lowest BCUT2D eigenvalue weighted by Crippen LogP contribution is -2.39. The predicted molar refractivity (Wildman–Crippen MR) is 78.0 cm³/mol. The Morgan fingerprint density at radius 3 is 2.83 bits per heavy atom. The van der Waals surface area contributed by atoms with Crippen molar-refractivity contribution in [3.63, 3.8) is 0 Å². The van der Waals surface area contributed by atoms with Gasteiger partial charge in [-0.15, -0.1) is 0 Å². The van der Waals surface area contributed by atoms with Crippen LogP contribution in [0.5, 0.6) is 0 Å². The molecule has 2 rings (SSSR count). The molecule has 2 atom stereocenters. The molecule has 1 aliphatic rings. The Labute approximate surface area is 111 Å². The van der Waals surface area contributed by atoms with E-state index in [1.165, 1.54) is 19.3 Å². The van der Waals surface area contributed by atoms with Gasteiger partial charge in [0.25, 0.3) is 0 Å². The lowest BCUT2D eigenvalue weighted by molar-refractivity contribution is 0.392. The van der Waals surface area contributed by atoms with E-state index in [1.807, 2.05) is 0 Å². The minimum absolute atomic E-state index is 0.571. The highest BCUT2D eigenvalue weighted by Gasteiger charge is 2.18. The van der Waals surface area contributed by atoms with Crippen molar-refractivity contribution in [2.24, 2.45) is 5.92 Å². The molecule has 18 heavy (non-hydrogen) atoms. The van der Waals surface area contributed by atoms with Crippen LogP contribution in [-0.4, -0.2) is 25.7 Å². The van der Waals surface area contributed by atoms with Crippen LogP contribution in [0.3, 0.4) is 0 Å². The Balaban J connectivity index is 1.76. The van der Waals surface area contributed by atoms with Crippen molar-refractivity contribution in [1.29, 1.82) is 0 Å². The van der Waals surface area contributed by atoms with Crippen LogP contribution in [0.2, 0.25) is 0 Å². The Morgan fingerprint density at radius 1 is 1.28 bits per heavy atom. The zero-order chi connectivity index (χ0) is 12.8. The Kier molecular flexibility index (Phi) is 5.21. The predicted octanol–water partition coefficient (Wildman–Crippen LogP) is 2.38. The van der Waals surface area contributed by atoms with Crippen LogP contribution in [0.4, 0.5) is 0 Å². The maximum atomic E-state index is 3.66. The van der Waals surface area contributed by atoms with Crippen LogP contribution in [0, 0.1) is 5.92 Å². The van der Waals surface area contributed by atoms with E-state index in [9.17, 15) is 0 Å². The van der Waals surface area contributed by atoms with Gasteiger partial charge in [-0.3, -0.25) is 0 Å². The van der Waals surface area contributed by atoms with E-state index in [1.54, 1.807) is 11.1 Å². The number of aryl methyl sites for hydroxylation is 1. The summed E-state index contributed by atoms with van der Waals surface area (Å²) in [6.45, 7) is 7.70. The summed E-state index contributed by atoms with van der Waals surface area (Å²) < 4.78 is 0. The summed E-state index contributed by atoms with van der Waals surface area (Å²) in [4.78, 5) is 0. The highest BCUT2D eigenvalue weighted by molar-refractivity contribution is 5.29. The smallest absolute Gasteiger partial charge is 0.0164 e. The first-order valence-corrected chi connectivity index (χ1v) is 7.30. The van der Waals surface area contributed by atoms with E-state index in [4.69, 9.17) is 0 Å². The standard InChI is InChI=1S/C16H26N2/c1-3-17-11-13(2)18-12-14-8-9-15-6-4-5-7-16(15)10-14/h4-7,13-14,17-18H,3,8-12H2,1-2H3. The van der Waals surface area contributed by atoms with E-state index in [0.29, 0.717) is 6.04 Å². The second-order valence-corrected chi connectivity index (χ2v) is 5.49. The number of rotatable bonds is 6. The highest BCUT2D eigenvalue weighted by atomic mass is 15.0. The lowest BCUT2D eigenvalue weighted by Gasteiger charge is -2.26. The van der Waals surface area contributed by atoms with E-state index in [-0.39, 0.29) is 0 Å². The molecule has 100 valence electrons. The van der Waals surface area contributed by atoms with Gasteiger partial charge in [0.15, 0.2) is 0 Å². The van der Waals surface area contributed by atoms with Gasteiger partial charge in [0.05, 0.1) is 0 Å².